The SMILES string of the molecule is CCO.OC[C@@H](O)[C@H](O)[C@@H](O)[C@H](O)CO. The molecule has 4 atom stereocenters. The summed E-state index contributed by atoms with van der Waals surface area (Å²) in [5.41, 5.74) is 0. The molecule has 0 aliphatic carbocycles. The molecule has 0 saturated heterocycles. The highest BCUT2D eigenvalue weighted by Gasteiger charge is 2.29. The summed E-state index contributed by atoms with van der Waals surface area (Å²) in [6.45, 7) is 0.479. The van der Waals surface area contributed by atoms with Gasteiger partial charge in [0.05, 0.1) is 13.2 Å². The minimum absolute atomic E-state index is 0.250. The van der Waals surface area contributed by atoms with Crippen molar-refractivity contribution < 1.29 is 35.7 Å². The van der Waals surface area contributed by atoms with E-state index in [-0.39, 0.29) is 6.61 Å². The van der Waals surface area contributed by atoms with E-state index >= 15 is 0 Å². The van der Waals surface area contributed by atoms with E-state index in [1.807, 2.05) is 0 Å². The lowest BCUT2D eigenvalue weighted by Crippen LogP contribution is -2.46. The fraction of sp³-hybridized carbons (Fsp3) is 1.00. The summed E-state index contributed by atoms with van der Waals surface area (Å²) in [6.07, 6.45) is -6.39. The van der Waals surface area contributed by atoms with Gasteiger partial charge in [0.25, 0.3) is 0 Å². The molecule has 0 amide bonds. The molecule has 7 heteroatoms. The van der Waals surface area contributed by atoms with Gasteiger partial charge in [0.15, 0.2) is 0 Å². The second-order valence-electron chi connectivity index (χ2n) is 2.80. The van der Waals surface area contributed by atoms with E-state index in [1.165, 1.54) is 0 Å². The van der Waals surface area contributed by atoms with Gasteiger partial charge in [0.1, 0.15) is 24.4 Å². The number of rotatable bonds is 5. The molecule has 0 bridgehead atoms. The monoisotopic (exact) mass is 228 g/mol. The zero-order valence-electron chi connectivity index (χ0n) is 8.56. The van der Waals surface area contributed by atoms with Crippen molar-refractivity contribution >= 4 is 0 Å². The van der Waals surface area contributed by atoms with E-state index in [4.69, 9.17) is 35.7 Å². The minimum Gasteiger partial charge on any atom is -0.397 e. The minimum atomic E-state index is -1.67. The predicted octanol–water partition coefficient (Wildman–Crippen LogP) is -3.59. The van der Waals surface area contributed by atoms with Gasteiger partial charge in [0, 0.05) is 6.61 Å². The van der Waals surface area contributed by atoms with Crippen molar-refractivity contribution in [2.75, 3.05) is 19.8 Å². The van der Waals surface area contributed by atoms with Gasteiger partial charge >= 0.3 is 0 Å². The van der Waals surface area contributed by atoms with Crippen molar-refractivity contribution in [2.45, 2.75) is 31.3 Å². The third kappa shape index (κ3) is 7.63. The summed E-state index contributed by atoms with van der Waals surface area (Å²) < 4.78 is 0. The van der Waals surface area contributed by atoms with Crippen molar-refractivity contribution in [3.63, 3.8) is 0 Å². The first-order valence-electron chi connectivity index (χ1n) is 4.51. The fourth-order valence-corrected chi connectivity index (χ4v) is 0.671. The van der Waals surface area contributed by atoms with Crippen LogP contribution in [0.5, 0.6) is 0 Å². The van der Waals surface area contributed by atoms with Crippen LogP contribution in [0.25, 0.3) is 0 Å². The van der Waals surface area contributed by atoms with Crippen LogP contribution in [0.3, 0.4) is 0 Å². The molecular formula is C8H20O7. The highest BCUT2D eigenvalue weighted by atomic mass is 16.4. The molecule has 0 unspecified atom stereocenters. The van der Waals surface area contributed by atoms with Gasteiger partial charge in [0.2, 0.25) is 0 Å². The predicted molar refractivity (Wildman–Crippen MR) is 51.0 cm³/mol. The number of hydrogen-bond donors (Lipinski definition) is 7. The van der Waals surface area contributed by atoms with E-state index in [0.717, 1.165) is 0 Å². The van der Waals surface area contributed by atoms with Gasteiger partial charge in [-0.15, -0.1) is 0 Å². The van der Waals surface area contributed by atoms with Gasteiger partial charge in [-0.05, 0) is 6.92 Å². The topological polar surface area (TPSA) is 142 Å². The average Bonchev–Trinajstić information content (AvgIpc) is 2.25. The highest BCUT2D eigenvalue weighted by Crippen LogP contribution is 2.03. The molecule has 0 rings (SSSR count). The highest BCUT2D eigenvalue weighted by molar-refractivity contribution is 4.79. The van der Waals surface area contributed by atoms with Crippen LogP contribution in [0.2, 0.25) is 0 Å². The van der Waals surface area contributed by atoms with Crippen LogP contribution in [0.4, 0.5) is 0 Å². The van der Waals surface area contributed by atoms with E-state index in [2.05, 4.69) is 0 Å². The Kier molecular flexibility index (Phi) is 11.7. The maximum absolute atomic E-state index is 8.96. The van der Waals surface area contributed by atoms with E-state index in [1.54, 1.807) is 6.92 Å². The summed E-state index contributed by atoms with van der Waals surface area (Å²) in [5, 5.41) is 59.7. The lowest BCUT2D eigenvalue weighted by Gasteiger charge is -2.24. The lowest BCUT2D eigenvalue weighted by atomic mass is 10.0. The molecule has 0 fully saturated rings. The molecule has 0 aliphatic heterocycles. The van der Waals surface area contributed by atoms with Gasteiger partial charge in [-0.2, -0.15) is 0 Å². The van der Waals surface area contributed by atoms with Crippen molar-refractivity contribution in [1.82, 2.24) is 0 Å². The van der Waals surface area contributed by atoms with Crippen molar-refractivity contribution in [3.05, 3.63) is 0 Å². The quantitative estimate of drug-likeness (QED) is 0.258. The van der Waals surface area contributed by atoms with Crippen molar-refractivity contribution in [1.29, 1.82) is 0 Å². The van der Waals surface area contributed by atoms with Gasteiger partial charge in [-0.3, -0.25) is 0 Å². The Morgan fingerprint density at radius 2 is 0.933 bits per heavy atom. The third-order valence-electron chi connectivity index (χ3n) is 1.51. The summed E-state index contributed by atoms with van der Waals surface area (Å²) in [6, 6.07) is 0. The molecule has 0 heterocycles. The zero-order chi connectivity index (χ0) is 12.4. The zero-order valence-corrected chi connectivity index (χ0v) is 8.56. The first-order valence-corrected chi connectivity index (χ1v) is 4.51. The largest absolute Gasteiger partial charge is 0.397 e. The summed E-state index contributed by atoms with van der Waals surface area (Å²) >= 11 is 0. The Bertz CT molecular complexity index is 118. The summed E-state index contributed by atoms with van der Waals surface area (Å²) in [4.78, 5) is 0. The van der Waals surface area contributed by atoms with Crippen LogP contribution in [0, 0.1) is 0 Å². The van der Waals surface area contributed by atoms with Crippen LogP contribution in [-0.4, -0.2) is 80.0 Å². The molecule has 0 radical (unpaired) electrons. The molecular weight excluding hydrogens is 208 g/mol. The fourth-order valence-electron chi connectivity index (χ4n) is 0.671. The Hall–Kier alpha value is -0.280. The maximum atomic E-state index is 8.96. The maximum Gasteiger partial charge on any atom is 0.111 e. The smallest absolute Gasteiger partial charge is 0.111 e. The van der Waals surface area contributed by atoms with Crippen LogP contribution >= 0.6 is 0 Å². The molecule has 0 aromatic carbocycles. The molecule has 0 aromatic heterocycles. The molecule has 0 aliphatic rings. The lowest BCUT2D eigenvalue weighted by molar-refractivity contribution is -0.123. The van der Waals surface area contributed by atoms with Crippen LogP contribution in [0.1, 0.15) is 6.92 Å². The molecule has 0 spiro atoms. The Morgan fingerprint density at radius 3 is 1.07 bits per heavy atom. The van der Waals surface area contributed by atoms with E-state index in [0.29, 0.717) is 0 Å². The molecule has 15 heavy (non-hydrogen) atoms. The van der Waals surface area contributed by atoms with Gasteiger partial charge < -0.3 is 35.7 Å². The third-order valence-corrected chi connectivity index (χ3v) is 1.51. The second-order valence-corrected chi connectivity index (χ2v) is 2.80. The summed E-state index contributed by atoms with van der Waals surface area (Å²) in [5.74, 6) is 0. The van der Waals surface area contributed by atoms with Gasteiger partial charge in [-0.1, -0.05) is 0 Å². The first kappa shape index (κ1) is 17.1. The van der Waals surface area contributed by atoms with Crippen LogP contribution in [-0.2, 0) is 0 Å². The number of aliphatic hydroxyl groups excluding tert-OH is 7. The molecule has 0 saturated carbocycles. The Balaban J connectivity index is 0. The number of hydrogen-bond acceptors (Lipinski definition) is 7. The Labute approximate surface area is 87.9 Å². The first-order chi connectivity index (χ1) is 6.95. The average molecular weight is 228 g/mol. The van der Waals surface area contributed by atoms with Crippen LogP contribution in [0.15, 0.2) is 0 Å². The summed E-state index contributed by atoms with van der Waals surface area (Å²) in [7, 11) is 0. The Morgan fingerprint density at radius 1 is 0.733 bits per heavy atom. The van der Waals surface area contributed by atoms with E-state index in [9.17, 15) is 0 Å². The van der Waals surface area contributed by atoms with Gasteiger partial charge in [-0.25, -0.2) is 0 Å². The normalized spacial score (nSPS) is 18.4. The standard InChI is InChI=1S/C6H14O6.C2H6O/c7-1-3(9)5(11)6(12)4(10)2-8;1-2-3/h3-12H,1-2H2;3H,2H2,1H3/t3-,4-,5+,6+;/m1./s1. The van der Waals surface area contributed by atoms with Crippen molar-refractivity contribution in [2.24, 2.45) is 0 Å². The van der Waals surface area contributed by atoms with Crippen LogP contribution < -0.4 is 0 Å². The number of aliphatic hydroxyl groups is 7. The molecule has 7 nitrogen and oxygen atoms in total. The van der Waals surface area contributed by atoms with E-state index < -0.39 is 37.6 Å². The molecule has 7 N–H and O–H groups in total. The molecule has 0 aromatic rings. The van der Waals surface area contributed by atoms with Crippen molar-refractivity contribution in [3.8, 4) is 0 Å². The molecule has 94 valence electrons. The second kappa shape index (κ2) is 10.2.